The van der Waals surface area contributed by atoms with Crippen molar-refractivity contribution in [2.75, 3.05) is 0 Å². The number of aromatic nitrogens is 2. The van der Waals surface area contributed by atoms with E-state index in [0.717, 1.165) is 22.0 Å². The van der Waals surface area contributed by atoms with Crippen molar-refractivity contribution >= 4 is 22.4 Å². The lowest BCUT2D eigenvalue weighted by atomic mass is 9.98. The first-order valence-electron chi connectivity index (χ1n) is 5.82. The molecule has 0 fully saturated rings. The Kier molecular flexibility index (Phi) is 2.73. The lowest BCUT2D eigenvalue weighted by molar-refractivity contribution is 0.776. The number of hydrogen-bond donors (Lipinski definition) is 0. The Morgan fingerprint density at radius 3 is 2.58 bits per heavy atom. The van der Waals surface area contributed by atoms with Crippen molar-refractivity contribution in [3.63, 3.8) is 0 Å². The number of aryl methyl sites for hydroxylation is 1. The largest absolute Gasteiger partial charge is 0.268 e. The fourth-order valence-electron chi connectivity index (χ4n) is 2.29. The predicted octanol–water partition coefficient (Wildman–Crippen LogP) is 3.77. The number of rotatable bonds is 1. The van der Waals surface area contributed by atoms with Crippen LogP contribution >= 0.6 is 11.6 Å². The standard InChI is InChI=1S/C15H10ClN3/c1-19-15(6-7-18-19)12-8-14(16)11-5-3-2-4-10(11)13(12)9-17/h2-8H,1H3. The molecule has 0 aliphatic carbocycles. The minimum Gasteiger partial charge on any atom is -0.268 e. The van der Waals surface area contributed by atoms with E-state index in [1.165, 1.54) is 0 Å². The fourth-order valence-corrected chi connectivity index (χ4v) is 2.57. The van der Waals surface area contributed by atoms with Gasteiger partial charge in [-0.25, -0.2) is 0 Å². The van der Waals surface area contributed by atoms with Crippen LogP contribution in [0.25, 0.3) is 22.0 Å². The van der Waals surface area contributed by atoms with Gasteiger partial charge in [-0.15, -0.1) is 0 Å². The molecule has 0 aliphatic rings. The van der Waals surface area contributed by atoms with Gasteiger partial charge in [0.1, 0.15) is 6.07 Å². The second-order valence-corrected chi connectivity index (χ2v) is 4.69. The molecule has 0 radical (unpaired) electrons. The summed E-state index contributed by atoms with van der Waals surface area (Å²) in [7, 11) is 1.85. The maximum absolute atomic E-state index is 9.47. The van der Waals surface area contributed by atoms with Crippen molar-refractivity contribution in [1.82, 2.24) is 9.78 Å². The molecule has 0 unspecified atom stereocenters. The Bertz CT molecular complexity index is 812. The van der Waals surface area contributed by atoms with E-state index >= 15 is 0 Å². The molecule has 3 rings (SSSR count). The van der Waals surface area contributed by atoms with E-state index in [1.807, 2.05) is 43.4 Å². The maximum atomic E-state index is 9.47. The van der Waals surface area contributed by atoms with Gasteiger partial charge < -0.3 is 0 Å². The van der Waals surface area contributed by atoms with Crippen LogP contribution in [0.4, 0.5) is 0 Å². The van der Waals surface area contributed by atoms with Crippen molar-refractivity contribution in [3.8, 4) is 17.3 Å². The van der Waals surface area contributed by atoms with Crippen LogP contribution in [0.15, 0.2) is 42.6 Å². The van der Waals surface area contributed by atoms with Crippen LogP contribution < -0.4 is 0 Å². The molecule has 3 aromatic rings. The summed E-state index contributed by atoms with van der Waals surface area (Å²) in [5.74, 6) is 0. The van der Waals surface area contributed by atoms with Gasteiger partial charge in [0.25, 0.3) is 0 Å². The van der Waals surface area contributed by atoms with E-state index in [9.17, 15) is 5.26 Å². The van der Waals surface area contributed by atoms with Crippen LogP contribution in [-0.2, 0) is 7.05 Å². The summed E-state index contributed by atoms with van der Waals surface area (Å²) in [6.45, 7) is 0. The highest BCUT2D eigenvalue weighted by Gasteiger charge is 2.14. The summed E-state index contributed by atoms with van der Waals surface area (Å²) in [5, 5.41) is 16.0. The van der Waals surface area contributed by atoms with Crippen LogP contribution in [0.1, 0.15) is 5.56 Å². The van der Waals surface area contributed by atoms with Gasteiger partial charge in [-0.2, -0.15) is 10.4 Å². The lowest BCUT2D eigenvalue weighted by Crippen LogP contribution is -1.96. The SMILES string of the molecule is Cn1nccc1-c1cc(Cl)c2ccccc2c1C#N. The Morgan fingerprint density at radius 2 is 1.95 bits per heavy atom. The van der Waals surface area contributed by atoms with Crippen molar-refractivity contribution in [3.05, 3.63) is 53.2 Å². The van der Waals surface area contributed by atoms with Crippen LogP contribution in [0.2, 0.25) is 5.02 Å². The molecule has 0 N–H and O–H groups in total. The second-order valence-electron chi connectivity index (χ2n) is 4.28. The first-order chi connectivity index (χ1) is 9.22. The highest BCUT2D eigenvalue weighted by molar-refractivity contribution is 6.36. The van der Waals surface area contributed by atoms with Crippen molar-refractivity contribution in [1.29, 1.82) is 5.26 Å². The highest BCUT2D eigenvalue weighted by atomic mass is 35.5. The Balaban J connectivity index is 2.45. The zero-order valence-corrected chi connectivity index (χ0v) is 11.0. The summed E-state index contributed by atoms with van der Waals surface area (Å²) < 4.78 is 1.74. The molecule has 0 aliphatic heterocycles. The summed E-state index contributed by atoms with van der Waals surface area (Å²) in [6, 6.07) is 13.7. The van der Waals surface area contributed by atoms with E-state index < -0.39 is 0 Å². The molecule has 0 amide bonds. The van der Waals surface area contributed by atoms with Crippen molar-refractivity contribution < 1.29 is 0 Å². The van der Waals surface area contributed by atoms with Gasteiger partial charge in [-0.3, -0.25) is 4.68 Å². The molecule has 0 saturated heterocycles. The molecular formula is C15H10ClN3. The van der Waals surface area contributed by atoms with E-state index in [1.54, 1.807) is 10.9 Å². The van der Waals surface area contributed by atoms with Gasteiger partial charge in [0, 0.05) is 34.6 Å². The second kappa shape index (κ2) is 4.42. The molecule has 3 nitrogen and oxygen atoms in total. The van der Waals surface area contributed by atoms with Crippen molar-refractivity contribution in [2.24, 2.45) is 7.05 Å². The number of nitriles is 1. The van der Waals surface area contributed by atoms with Crippen LogP contribution in [0, 0.1) is 11.3 Å². The zero-order valence-electron chi connectivity index (χ0n) is 10.3. The van der Waals surface area contributed by atoms with Crippen LogP contribution in [0.3, 0.4) is 0 Å². The number of nitrogens with zero attached hydrogens (tertiary/aromatic N) is 3. The van der Waals surface area contributed by atoms with E-state index in [-0.39, 0.29) is 0 Å². The molecule has 0 spiro atoms. The first kappa shape index (κ1) is 11.8. The van der Waals surface area contributed by atoms with Crippen LogP contribution in [0.5, 0.6) is 0 Å². The van der Waals surface area contributed by atoms with Crippen molar-refractivity contribution in [2.45, 2.75) is 0 Å². The molecule has 0 bridgehead atoms. The monoisotopic (exact) mass is 267 g/mol. The van der Waals surface area contributed by atoms with Gasteiger partial charge in [-0.05, 0) is 12.1 Å². The minimum atomic E-state index is 0.628. The summed E-state index contributed by atoms with van der Waals surface area (Å²) in [5.41, 5.74) is 2.32. The predicted molar refractivity (Wildman–Crippen MR) is 75.9 cm³/mol. The van der Waals surface area contributed by atoms with Gasteiger partial charge >= 0.3 is 0 Å². The first-order valence-corrected chi connectivity index (χ1v) is 6.20. The van der Waals surface area contributed by atoms with Crippen LogP contribution in [-0.4, -0.2) is 9.78 Å². The van der Waals surface area contributed by atoms with E-state index in [0.29, 0.717) is 10.6 Å². The van der Waals surface area contributed by atoms with Gasteiger partial charge in [0.15, 0.2) is 0 Å². The average Bonchev–Trinajstić information content (AvgIpc) is 2.85. The molecule has 0 saturated carbocycles. The molecule has 4 heteroatoms. The van der Waals surface area contributed by atoms with E-state index in [2.05, 4.69) is 11.2 Å². The molecule has 19 heavy (non-hydrogen) atoms. The van der Waals surface area contributed by atoms with Gasteiger partial charge in [-0.1, -0.05) is 35.9 Å². The Labute approximate surface area is 115 Å². The molecule has 1 heterocycles. The third kappa shape index (κ3) is 1.78. The van der Waals surface area contributed by atoms with Gasteiger partial charge in [0.05, 0.1) is 11.3 Å². The Hall–Kier alpha value is -2.31. The smallest absolute Gasteiger partial charge is 0.100 e. The highest BCUT2D eigenvalue weighted by Crippen LogP contribution is 2.34. The maximum Gasteiger partial charge on any atom is 0.100 e. The molecule has 0 atom stereocenters. The minimum absolute atomic E-state index is 0.628. The summed E-state index contributed by atoms with van der Waals surface area (Å²) in [6.07, 6.45) is 1.71. The summed E-state index contributed by atoms with van der Waals surface area (Å²) in [4.78, 5) is 0. The molecular weight excluding hydrogens is 258 g/mol. The summed E-state index contributed by atoms with van der Waals surface area (Å²) >= 11 is 6.32. The number of hydrogen-bond acceptors (Lipinski definition) is 2. The number of fused-ring (bicyclic) bond motifs is 1. The quantitative estimate of drug-likeness (QED) is 0.673. The van der Waals surface area contributed by atoms with E-state index in [4.69, 9.17) is 11.6 Å². The number of halogens is 1. The number of benzene rings is 2. The Morgan fingerprint density at radius 1 is 1.21 bits per heavy atom. The fraction of sp³-hybridized carbons (Fsp3) is 0.0667. The third-order valence-corrected chi connectivity index (χ3v) is 3.52. The topological polar surface area (TPSA) is 41.6 Å². The normalized spacial score (nSPS) is 10.6. The molecule has 92 valence electrons. The van der Waals surface area contributed by atoms with Gasteiger partial charge in [0.2, 0.25) is 0 Å². The third-order valence-electron chi connectivity index (χ3n) is 3.20. The molecule has 1 aromatic heterocycles. The lowest BCUT2D eigenvalue weighted by Gasteiger charge is -2.09. The zero-order chi connectivity index (χ0) is 13.4. The average molecular weight is 268 g/mol. The molecule has 2 aromatic carbocycles.